The van der Waals surface area contributed by atoms with Gasteiger partial charge in [-0.15, -0.1) is 11.3 Å². The number of hydrogen-bond donors (Lipinski definition) is 0. The lowest BCUT2D eigenvalue weighted by atomic mass is 9.99. The van der Waals surface area contributed by atoms with Crippen LogP contribution in [0, 0.1) is 0 Å². The summed E-state index contributed by atoms with van der Waals surface area (Å²) in [6, 6.07) is 2.04. The number of thiophene rings is 1. The van der Waals surface area contributed by atoms with Gasteiger partial charge in [0, 0.05) is 11.8 Å². The third-order valence-electron chi connectivity index (χ3n) is 2.98. The van der Waals surface area contributed by atoms with Gasteiger partial charge in [-0.2, -0.15) is 0 Å². The molecule has 0 aliphatic heterocycles. The van der Waals surface area contributed by atoms with Gasteiger partial charge >= 0.3 is 0 Å². The van der Waals surface area contributed by atoms with E-state index in [1.54, 1.807) is 29.4 Å². The number of nitrogens with zero attached hydrogens (tertiary/aromatic N) is 2. The van der Waals surface area contributed by atoms with Crippen molar-refractivity contribution in [3.8, 4) is 0 Å². The lowest BCUT2D eigenvalue weighted by Gasteiger charge is -2.19. The minimum absolute atomic E-state index is 0.0988. The minimum atomic E-state index is 0.0988. The summed E-state index contributed by atoms with van der Waals surface area (Å²) < 4.78 is 0. The van der Waals surface area contributed by atoms with Gasteiger partial charge in [0.15, 0.2) is 0 Å². The van der Waals surface area contributed by atoms with Crippen LogP contribution in [-0.4, -0.2) is 21.0 Å². The molecular formula is C12H12N2OS2. The van der Waals surface area contributed by atoms with E-state index in [-0.39, 0.29) is 5.25 Å². The summed E-state index contributed by atoms with van der Waals surface area (Å²) in [5.41, 5.74) is 0. The maximum absolute atomic E-state index is 11.8. The highest BCUT2D eigenvalue weighted by atomic mass is 32.2. The standard InChI is InChI=1S/C12H12N2OS2/c15-9-3-1-2-4-10(9)17-12-8-5-6-16-11(8)13-7-14-12/h5-7,10H,1-4H2/t10-/m0/s1. The zero-order valence-corrected chi connectivity index (χ0v) is 10.9. The zero-order chi connectivity index (χ0) is 11.7. The van der Waals surface area contributed by atoms with E-state index < -0.39 is 0 Å². The molecule has 17 heavy (non-hydrogen) atoms. The predicted molar refractivity (Wildman–Crippen MR) is 70.5 cm³/mol. The Morgan fingerprint density at radius 3 is 3.18 bits per heavy atom. The van der Waals surface area contributed by atoms with Crippen LogP contribution in [0.25, 0.3) is 10.2 Å². The first-order chi connectivity index (χ1) is 8.34. The summed E-state index contributed by atoms with van der Waals surface area (Å²) >= 11 is 3.23. The van der Waals surface area contributed by atoms with Crippen molar-refractivity contribution < 1.29 is 4.79 Å². The van der Waals surface area contributed by atoms with Gasteiger partial charge in [0.05, 0.1) is 5.25 Å². The second kappa shape index (κ2) is 4.74. The largest absolute Gasteiger partial charge is 0.298 e. The van der Waals surface area contributed by atoms with Crippen LogP contribution in [0.15, 0.2) is 22.8 Å². The Hall–Kier alpha value is -0.940. The van der Waals surface area contributed by atoms with Gasteiger partial charge in [-0.25, -0.2) is 9.97 Å². The number of ketones is 1. The van der Waals surface area contributed by atoms with Crippen molar-refractivity contribution >= 4 is 39.1 Å². The minimum Gasteiger partial charge on any atom is -0.298 e. The number of rotatable bonds is 2. The Bertz CT molecular complexity index is 552. The van der Waals surface area contributed by atoms with Gasteiger partial charge < -0.3 is 0 Å². The second-order valence-corrected chi connectivity index (χ2v) is 6.22. The molecule has 0 bridgehead atoms. The molecule has 0 unspecified atom stereocenters. The Balaban J connectivity index is 1.89. The van der Waals surface area contributed by atoms with E-state index in [4.69, 9.17) is 0 Å². The molecule has 0 aromatic carbocycles. The van der Waals surface area contributed by atoms with Gasteiger partial charge in [0.25, 0.3) is 0 Å². The van der Waals surface area contributed by atoms with E-state index in [2.05, 4.69) is 9.97 Å². The molecule has 3 rings (SSSR count). The molecule has 2 aromatic rings. The monoisotopic (exact) mass is 264 g/mol. The third-order valence-corrected chi connectivity index (χ3v) is 5.13. The molecule has 0 spiro atoms. The lowest BCUT2D eigenvalue weighted by molar-refractivity contribution is -0.119. The van der Waals surface area contributed by atoms with Crippen LogP contribution in [0.5, 0.6) is 0 Å². The first-order valence-corrected chi connectivity index (χ1v) is 7.48. The van der Waals surface area contributed by atoms with Crippen LogP contribution in [0.4, 0.5) is 0 Å². The molecule has 1 aliphatic rings. The highest BCUT2D eigenvalue weighted by Crippen LogP contribution is 2.34. The summed E-state index contributed by atoms with van der Waals surface area (Å²) in [6.45, 7) is 0. The Labute approximate surface area is 108 Å². The van der Waals surface area contributed by atoms with Crippen molar-refractivity contribution in [2.45, 2.75) is 36.0 Å². The number of carbonyl (C=O) groups excluding carboxylic acids is 1. The molecule has 5 heteroatoms. The van der Waals surface area contributed by atoms with E-state index >= 15 is 0 Å². The van der Waals surface area contributed by atoms with Crippen molar-refractivity contribution in [3.63, 3.8) is 0 Å². The summed E-state index contributed by atoms with van der Waals surface area (Å²) in [6.07, 6.45) is 5.51. The molecule has 2 aromatic heterocycles. The van der Waals surface area contributed by atoms with Gasteiger partial charge in [-0.05, 0) is 24.3 Å². The molecule has 0 saturated heterocycles. The van der Waals surface area contributed by atoms with Crippen molar-refractivity contribution in [3.05, 3.63) is 17.8 Å². The normalized spacial score (nSPS) is 20.9. The summed E-state index contributed by atoms with van der Waals surface area (Å²) in [4.78, 5) is 21.4. The van der Waals surface area contributed by atoms with Crippen LogP contribution in [0.2, 0.25) is 0 Å². The van der Waals surface area contributed by atoms with Crippen molar-refractivity contribution in [1.29, 1.82) is 0 Å². The fraction of sp³-hybridized carbons (Fsp3) is 0.417. The fourth-order valence-electron chi connectivity index (χ4n) is 2.07. The highest BCUT2D eigenvalue weighted by molar-refractivity contribution is 8.00. The van der Waals surface area contributed by atoms with E-state index in [1.165, 1.54) is 0 Å². The SMILES string of the molecule is O=C1CCCC[C@@H]1Sc1ncnc2sccc12. The predicted octanol–water partition coefficient (Wildman–Crippen LogP) is 3.30. The number of hydrogen-bond acceptors (Lipinski definition) is 5. The molecular weight excluding hydrogens is 252 g/mol. The Morgan fingerprint density at radius 2 is 2.29 bits per heavy atom. The van der Waals surface area contributed by atoms with Crippen LogP contribution >= 0.6 is 23.1 Å². The number of aromatic nitrogens is 2. The van der Waals surface area contributed by atoms with Gasteiger partial charge in [0.1, 0.15) is 22.0 Å². The van der Waals surface area contributed by atoms with Crippen LogP contribution in [0.1, 0.15) is 25.7 Å². The molecule has 3 nitrogen and oxygen atoms in total. The lowest BCUT2D eigenvalue weighted by Crippen LogP contribution is -2.21. The van der Waals surface area contributed by atoms with E-state index in [9.17, 15) is 4.79 Å². The molecule has 1 atom stereocenters. The van der Waals surface area contributed by atoms with E-state index in [1.807, 2.05) is 11.4 Å². The zero-order valence-electron chi connectivity index (χ0n) is 9.26. The Kier molecular flexibility index (Phi) is 3.11. The van der Waals surface area contributed by atoms with E-state index in [0.29, 0.717) is 5.78 Å². The van der Waals surface area contributed by atoms with Gasteiger partial charge in [0.2, 0.25) is 0 Å². The van der Waals surface area contributed by atoms with Gasteiger partial charge in [-0.3, -0.25) is 4.79 Å². The first-order valence-electron chi connectivity index (χ1n) is 5.72. The quantitative estimate of drug-likeness (QED) is 0.781. The summed E-state index contributed by atoms with van der Waals surface area (Å²) in [5.74, 6) is 0.378. The number of fused-ring (bicyclic) bond motifs is 1. The van der Waals surface area contributed by atoms with Crippen LogP contribution < -0.4 is 0 Å². The average molecular weight is 264 g/mol. The number of carbonyl (C=O) groups is 1. The fourth-order valence-corrected chi connectivity index (χ4v) is 4.07. The number of thioether (sulfide) groups is 1. The second-order valence-electron chi connectivity index (χ2n) is 4.14. The third kappa shape index (κ3) is 2.21. The summed E-state index contributed by atoms with van der Waals surface area (Å²) in [5, 5.41) is 4.16. The van der Waals surface area contributed by atoms with Crippen molar-refractivity contribution in [2.75, 3.05) is 0 Å². The average Bonchev–Trinajstić information content (AvgIpc) is 2.81. The van der Waals surface area contributed by atoms with Crippen molar-refractivity contribution in [1.82, 2.24) is 9.97 Å². The smallest absolute Gasteiger partial charge is 0.146 e. The summed E-state index contributed by atoms with van der Waals surface area (Å²) in [7, 11) is 0. The molecule has 2 heterocycles. The molecule has 0 radical (unpaired) electrons. The maximum atomic E-state index is 11.8. The van der Waals surface area contributed by atoms with E-state index in [0.717, 1.165) is 40.9 Å². The molecule has 0 amide bonds. The highest BCUT2D eigenvalue weighted by Gasteiger charge is 2.24. The molecule has 1 fully saturated rings. The molecule has 88 valence electrons. The van der Waals surface area contributed by atoms with Crippen LogP contribution in [-0.2, 0) is 4.79 Å². The van der Waals surface area contributed by atoms with Crippen LogP contribution in [0.3, 0.4) is 0 Å². The molecule has 0 N–H and O–H groups in total. The van der Waals surface area contributed by atoms with Gasteiger partial charge in [-0.1, -0.05) is 18.2 Å². The van der Waals surface area contributed by atoms with Crippen molar-refractivity contribution in [2.24, 2.45) is 0 Å². The molecule has 1 aliphatic carbocycles. The molecule has 1 saturated carbocycles. The Morgan fingerprint density at radius 1 is 1.35 bits per heavy atom. The first kappa shape index (κ1) is 11.2. The maximum Gasteiger partial charge on any atom is 0.146 e. The topological polar surface area (TPSA) is 42.9 Å². The number of Topliss-reactive ketones (excluding diaryl/α,β-unsaturated/α-hetero) is 1.